The van der Waals surface area contributed by atoms with Gasteiger partial charge in [-0.15, -0.1) is 0 Å². The smallest absolute Gasteiger partial charge is 0.223 e. The number of benzene rings is 1. The number of carbonyl (C=O) groups excluding carboxylic acids is 2. The van der Waals surface area contributed by atoms with Gasteiger partial charge in [0.15, 0.2) is 5.12 Å². The molecule has 1 aromatic carbocycles. The van der Waals surface area contributed by atoms with Crippen molar-refractivity contribution in [3.63, 3.8) is 0 Å². The van der Waals surface area contributed by atoms with E-state index in [0.29, 0.717) is 13.0 Å². The Morgan fingerprint density at radius 2 is 2.13 bits per heavy atom. The third kappa shape index (κ3) is 4.01. The lowest BCUT2D eigenvalue weighted by molar-refractivity contribution is -0.128. The third-order valence-corrected chi connectivity index (χ3v) is 4.94. The molecule has 1 aliphatic rings. The Labute approximate surface area is 139 Å². The lowest BCUT2D eigenvalue weighted by atomic mass is 10.1. The summed E-state index contributed by atoms with van der Waals surface area (Å²) in [5.41, 5.74) is 2.11. The van der Waals surface area contributed by atoms with E-state index in [-0.39, 0.29) is 16.9 Å². The summed E-state index contributed by atoms with van der Waals surface area (Å²) in [6.45, 7) is 2.93. The summed E-state index contributed by atoms with van der Waals surface area (Å²) in [5, 5.41) is 4.31. The van der Waals surface area contributed by atoms with Crippen molar-refractivity contribution in [1.82, 2.24) is 14.7 Å². The van der Waals surface area contributed by atoms with Crippen LogP contribution in [-0.2, 0) is 16.1 Å². The van der Waals surface area contributed by atoms with E-state index in [1.54, 1.807) is 17.8 Å². The normalized spacial score (nSPS) is 17.7. The van der Waals surface area contributed by atoms with E-state index in [0.717, 1.165) is 23.5 Å². The number of likely N-dealkylation sites (tertiary alicyclic amines) is 1. The number of rotatable bonds is 5. The maximum absolute atomic E-state index is 12.1. The van der Waals surface area contributed by atoms with Gasteiger partial charge in [-0.2, -0.15) is 5.10 Å². The van der Waals surface area contributed by atoms with Gasteiger partial charge in [-0.3, -0.25) is 9.59 Å². The maximum Gasteiger partial charge on any atom is 0.223 e. The van der Waals surface area contributed by atoms with Gasteiger partial charge >= 0.3 is 0 Å². The second kappa shape index (κ2) is 7.00. The molecule has 2 heterocycles. The summed E-state index contributed by atoms with van der Waals surface area (Å²) >= 11 is 1.31. The van der Waals surface area contributed by atoms with Crippen molar-refractivity contribution in [1.29, 1.82) is 0 Å². The van der Waals surface area contributed by atoms with Crippen LogP contribution < -0.4 is 0 Å². The molecule has 6 heteroatoms. The van der Waals surface area contributed by atoms with Gasteiger partial charge in [0.2, 0.25) is 5.91 Å². The highest BCUT2D eigenvalue weighted by atomic mass is 32.2. The molecular formula is C17H19N3O2S. The van der Waals surface area contributed by atoms with E-state index in [9.17, 15) is 9.59 Å². The lowest BCUT2D eigenvalue weighted by Crippen LogP contribution is -2.24. The minimum Gasteiger partial charge on any atom is -0.338 e. The maximum atomic E-state index is 12.1. The number of thioether (sulfide) groups is 1. The Morgan fingerprint density at radius 3 is 2.78 bits per heavy atom. The van der Waals surface area contributed by atoms with Crippen LogP contribution in [0, 0.1) is 5.92 Å². The molecule has 120 valence electrons. The minimum absolute atomic E-state index is 0.116. The van der Waals surface area contributed by atoms with Crippen molar-refractivity contribution in [2.45, 2.75) is 19.9 Å². The molecule has 1 aliphatic heterocycles. The predicted molar refractivity (Wildman–Crippen MR) is 90.2 cm³/mol. The number of amides is 1. The lowest BCUT2D eigenvalue weighted by Gasteiger charge is -2.17. The fourth-order valence-electron chi connectivity index (χ4n) is 2.75. The molecule has 0 N–H and O–H groups in total. The van der Waals surface area contributed by atoms with Crippen LogP contribution >= 0.6 is 11.8 Å². The average Bonchev–Trinajstić information content (AvgIpc) is 3.17. The molecule has 0 bridgehead atoms. The van der Waals surface area contributed by atoms with E-state index < -0.39 is 0 Å². The summed E-state index contributed by atoms with van der Waals surface area (Å²) in [5.74, 6) is 1.19. The van der Waals surface area contributed by atoms with Crippen molar-refractivity contribution in [2.24, 2.45) is 5.92 Å². The van der Waals surface area contributed by atoms with Crippen LogP contribution in [0.2, 0.25) is 0 Å². The largest absolute Gasteiger partial charge is 0.338 e. The first-order chi connectivity index (χ1) is 11.1. The second-order valence-corrected chi connectivity index (χ2v) is 6.96. The molecule has 0 radical (unpaired) electrons. The fourth-order valence-corrected chi connectivity index (χ4v) is 3.44. The highest BCUT2D eigenvalue weighted by Crippen LogP contribution is 2.24. The summed E-state index contributed by atoms with van der Waals surface area (Å²) in [6.07, 6.45) is 4.19. The monoisotopic (exact) mass is 329 g/mol. The molecule has 1 atom stereocenters. The Kier molecular flexibility index (Phi) is 4.81. The number of hydrogen-bond donors (Lipinski definition) is 0. The van der Waals surface area contributed by atoms with Crippen LogP contribution in [-0.4, -0.2) is 38.0 Å². The highest BCUT2D eigenvalue weighted by molar-refractivity contribution is 8.13. The van der Waals surface area contributed by atoms with Crippen LogP contribution in [0.15, 0.2) is 42.7 Å². The molecule has 2 aromatic rings. The van der Waals surface area contributed by atoms with E-state index in [1.165, 1.54) is 11.8 Å². The summed E-state index contributed by atoms with van der Waals surface area (Å²) in [6, 6.07) is 9.96. The predicted octanol–water partition coefficient (Wildman–Crippen LogP) is 2.50. The Morgan fingerprint density at radius 1 is 1.35 bits per heavy atom. The summed E-state index contributed by atoms with van der Waals surface area (Å²) in [7, 11) is 0. The Balaban J connectivity index is 1.59. The van der Waals surface area contributed by atoms with Crippen molar-refractivity contribution < 1.29 is 9.59 Å². The van der Waals surface area contributed by atoms with E-state index in [1.807, 2.05) is 41.4 Å². The van der Waals surface area contributed by atoms with Crippen LogP contribution in [0.25, 0.3) is 5.69 Å². The number of nitrogens with zero attached hydrogens (tertiary/aromatic N) is 3. The minimum atomic E-state index is 0.116. The second-order valence-electron chi connectivity index (χ2n) is 5.76. The number of carbonyl (C=O) groups is 2. The molecule has 3 rings (SSSR count). The quantitative estimate of drug-likeness (QED) is 0.846. The van der Waals surface area contributed by atoms with Gasteiger partial charge in [0.1, 0.15) is 0 Å². The van der Waals surface area contributed by atoms with Crippen molar-refractivity contribution in [3.8, 4) is 5.69 Å². The van der Waals surface area contributed by atoms with Gasteiger partial charge < -0.3 is 4.90 Å². The Bertz CT molecular complexity index is 682. The SMILES string of the molecule is CC(=O)SCC1CC(=O)N(Cc2ccc(-n3cccn3)cc2)C1. The van der Waals surface area contributed by atoms with Gasteiger partial charge in [-0.05, 0) is 29.7 Å². The number of hydrogen-bond acceptors (Lipinski definition) is 4. The first-order valence-electron chi connectivity index (χ1n) is 7.62. The van der Waals surface area contributed by atoms with Gasteiger partial charge in [0.25, 0.3) is 0 Å². The van der Waals surface area contributed by atoms with E-state index in [2.05, 4.69) is 5.10 Å². The molecule has 0 aliphatic carbocycles. The zero-order chi connectivity index (χ0) is 16.2. The zero-order valence-electron chi connectivity index (χ0n) is 13.0. The summed E-state index contributed by atoms with van der Waals surface area (Å²) < 4.78 is 1.81. The third-order valence-electron chi connectivity index (χ3n) is 3.90. The first-order valence-corrected chi connectivity index (χ1v) is 8.60. The molecule has 23 heavy (non-hydrogen) atoms. The zero-order valence-corrected chi connectivity index (χ0v) is 13.8. The van der Waals surface area contributed by atoms with Crippen LogP contribution in [0.1, 0.15) is 18.9 Å². The average molecular weight is 329 g/mol. The van der Waals surface area contributed by atoms with Gasteiger partial charge in [0.05, 0.1) is 5.69 Å². The van der Waals surface area contributed by atoms with Gasteiger partial charge in [-0.25, -0.2) is 4.68 Å². The molecule has 0 saturated carbocycles. The Hall–Kier alpha value is -2.08. The fraction of sp³-hybridized carbons (Fsp3) is 0.353. The molecule has 1 unspecified atom stereocenters. The van der Waals surface area contributed by atoms with Crippen molar-refractivity contribution >= 4 is 22.8 Å². The number of aromatic nitrogens is 2. The van der Waals surface area contributed by atoms with E-state index >= 15 is 0 Å². The molecule has 1 aromatic heterocycles. The summed E-state index contributed by atoms with van der Waals surface area (Å²) in [4.78, 5) is 25.0. The molecule has 1 fully saturated rings. The highest BCUT2D eigenvalue weighted by Gasteiger charge is 2.29. The topological polar surface area (TPSA) is 55.2 Å². The standard InChI is InChI=1S/C17H19N3O2S/c1-13(21)23-12-15-9-17(22)19(11-15)10-14-3-5-16(6-4-14)20-8-2-7-18-20/h2-8,15H,9-12H2,1H3. The van der Waals surface area contributed by atoms with Crippen LogP contribution in [0.5, 0.6) is 0 Å². The molecule has 5 nitrogen and oxygen atoms in total. The molecular weight excluding hydrogens is 310 g/mol. The molecule has 1 saturated heterocycles. The van der Waals surface area contributed by atoms with Gasteiger partial charge in [0, 0.05) is 44.6 Å². The molecule has 1 amide bonds. The first kappa shape index (κ1) is 15.8. The molecule has 0 spiro atoms. The van der Waals surface area contributed by atoms with Gasteiger partial charge in [-0.1, -0.05) is 23.9 Å². The van der Waals surface area contributed by atoms with Crippen LogP contribution in [0.3, 0.4) is 0 Å². The van der Waals surface area contributed by atoms with Crippen LogP contribution in [0.4, 0.5) is 0 Å². The van der Waals surface area contributed by atoms with E-state index in [4.69, 9.17) is 0 Å². The van der Waals surface area contributed by atoms with Crippen molar-refractivity contribution in [2.75, 3.05) is 12.3 Å². The van der Waals surface area contributed by atoms with Crippen molar-refractivity contribution in [3.05, 3.63) is 48.3 Å².